The number of carbonyl (C=O) groups is 1. The van der Waals surface area contributed by atoms with E-state index in [4.69, 9.17) is 10.5 Å². The average Bonchev–Trinajstić information content (AvgIpc) is 2.52. The van der Waals surface area contributed by atoms with Gasteiger partial charge in [-0.3, -0.25) is 14.9 Å². The number of nitro groups is 1. The van der Waals surface area contributed by atoms with Gasteiger partial charge < -0.3 is 15.4 Å². The Morgan fingerprint density at radius 1 is 1.55 bits per heavy atom. The summed E-state index contributed by atoms with van der Waals surface area (Å²) >= 11 is 0. The van der Waals surface area contributed by atoms with E-state index in [2.05, 4.69) is 4.90 Å². The van der Waals surface area contributed by atoms with Gasteiger partial charge in [-0.05, 0) is 31.2 Å². The Bertz CT molecular complexity index is 562. The zero-order chi connectivity index (χ0) is 16.1. The second kappa shape index (κ2) is 7.11. The maximum atomic E-state index is 10.9. The van der Waals surface area contributed by atoms with Gasteiger partial charge in [-0.15, -0.1) is 0 Å². The molecule has 1 amide bonds. The zero-order valence-electron chi connectivity index (χ0n) is 12.7. The van der Waals surface area contributed by atoms with Gasteiger partial charge in [0, 0.05) is 37.3 Å². The normalized spacial score (nSPS) is 18.0. The summed E-state index contributed by atoms with van der Waals surface area (Å²) in [5, 5.41) is 10.9. The molecule has 1 unspecified atom stereocenters. The molecule has 1 aliphatic heterocycles. The molecule has 1 atom stereocenters. The van der Waals surface area contributed by atoms with Crippen molar-refractivity contribution in [3.05, 3.63) is 28.3 Å². The van der Waals surface area contributed by atoms with E-state index in [0.717, 1.165) is 38.0 Å². The highest BCUT2D eigenvalue weighted by molar-refractivity contribution is 5.73. The van der Waals surface area contributed by atoms with Gasteiger partial charge in [0.15, 0.2) is 5.75 Å². The first-order valence-electron chi connectivity index (χ1n) is 7.37. The van der Waals surface area contributed by atoms with Crippen LogP contribution < -0.4 is 15.4 Å². The standard InChI is InChI=1S/C15H21N3O4/c1-22-14-9-12(5-6-13(14)18(20)21)17-8-2-3-11(10-17)4-7-15(16)19/h5-6,9,11H,2-4,7-8,10H2,1H3,(H2,16,19). The first-order chi connectivity index (χ1) is 10.5. The van der Waals surface area contributed by atoms with Crippen molar-refractivity contribution in [2.45, 2.75) is 25.7 Å². The highest BCUT2D eigenvalue weighted by Crippen LogP contribution is 2.33. The lowest BCUT2D eigenvalue weighted by atomic mass is 9.93. The van der Waals surface area contributed by atoms with Gasteiger partial charge in [0.05, 0.1) is 12.0 Å². The van der Waals surface area contributed by atoms with Crippen LogP contribution in [0.2, 0.25) is 0 Å². The number of nitrogens with two attached hydrogens (primary N) is 1. The van der Waals surface area contributed by atoms with E-state index in [0.29, 0.717) is 12.3 Å². The number of hydrogen-bond donors (Lipinski definition) is 1. The number of ether oxygens (including phenoxy) is 1. The molecule has 1 aromatic carbocycles. The Morgan fingerprint density at radius 2 is 2.32 bits per heavy atom. The van der Waals surface area contributed by atoms with Crippen molar-refractivity contribution in [3.63, 3.8) is 0 Å². The van der Waals surface area contributed by atoms with Gasteiger partial charge in [0.2, 0.25) is 5.91 Å². The SMILES string of the molecule is COc1cc(N2CCCC(CCC(N)=O)C2)ccc1[N+](=O)[O-]. The second-order valence-corrected chi connectivity index (χ2v) is 5.57. The number of anilines is 1. The minimum absolute atomic E-state index is 0.0338. The Labute approximate surface area is 129 Å². The summed E-state index contributed by atoms with van der Waals surface area (Å²) in [5.74, 6) is 0.415. The molecule has 0 saturated carbocycles. The number of amides is 1. The molecule has 0 radical (unpaired) electrons. The van der Waals surface area contributed by atoms with Crippen LogP contribution in [-0.2, 0) is 4.79 Å². The van der Waals surface area contributed by atoms with Gasteiger partial charge in [0.1, 0.15) is 0 Å². The largest absolute Gasteiger partial charge is 0.490 e. The number of methoxy groups -OCH3 is 1. The Hall–Kier alpha value is -2.31. The monoisotopic (exact) mass is 307 g/mol. The first kappa shape index (κ1) is 16.1. The summed E-state index contributed by atoms with van der Waals surface area (Å²) in [6.07, 6.45) is 3.30. The van der Waals surface area contributed by atoms with Crippen LogP contribution in [0.5, 0.6) is 5.75 Å². The highest BCUT2D eigenvalue weighted by atomic mass is 16.6. The molecule has 1 heterocycles. The van der Waals surface area contributed by atoms with E-state index in [1.54, 1.807) is 12.1 Å². The van der Waals surface area contributed by atoms with Gasteiger partial charge in [-0.2, -0.15) is 0 Å². The number of primary amides is 1. The van der Waals surface area contributed by atoms with E-state index in [-0.39, 0.29) is 17.3 Å². The molecule has 1 aromatic rings. The molecule has 0 spiro atoms. The molecule has 0 aliphatic carbocycles. The van der Waals surface area contributed by atoms with E-state index in [1.807, 2.05) is 0 Å². The van der Waals surface area contributed by atoms with E-state index in [1.165, 1.54) is 13.2 Å². The van der Waals surface area contributed by atoms with Gasteiger partial charge in [-0.25, -0.2) is 0 Å². The van der Waals surface area contributed by atoms with Crippen molar-refractivity contribution in [2.24, 2.45) is 11.7 Å². The van der Waals surface area contributed by atoms with Crippen LogP contribution >= 0.6 is 0 Å². The summed E-state index contributed by atoms with van der Waals surface area (Å²) in [7, 11) is 1.43. The van der Waals surface area contributed by atoms with Gasteiger partial charge in [0.25, 0.3) is 0 Å². The molecule has 7 nitrogen and oxygen atoms in total. The average molecular weight is 307 g/mol. The van der Waals surface area contributed by atoms with Crippen LogP contribution in [0.3, 0.4) is 0 Å². The van der Waals surface area contributed by atoms with Crippen LogP contribution in [-0.4, -0.2) is 31.0 Å². The Balaban J connectivity index is 2.10. The van der Waals surface area contributed by atoms with E-state index in [9.17, 15) is 14.9 Å². The fourth-order valence-electron chi connectivity index (χ4n) is 2.90. The smallest absolute Gasteiger partial charge is 0.311 e. The first-order valence-corrected chi connectivity index (χ1v) is 7.37. The van der Waals surface area contributed by atoms with Crippen molar-refractivity contribution in [1.82, 2.24) is 0 Å². The highest BCUT2D eigenvalue weighted by Gasteiger charge is 2.23. The van der Waals surface area contributed by atoms with E-state index >= 15 is 0 Å². The third-order valence-corrected chi connectivity index (χ3v) is 4.04. The number of carbonyl (C=O) groups excluding carboxylic acids is 1. The maximum Gasteiger partial charge on any atom is 0.311 e. The minimum atomic E-state index is -0.450. The van der Waals surface area contributed by atoms with Gasteiger partial charge in [-0.1, -0.05) is 0 Å². The number of nitro benzene ring substituents is 1. The molecule has 7 heteroatoms. The summed E-state index contributed by atoms with van der Waals surface area (Å²) in [4.78, 5) is 23.6. The van der Waals surface area contributed by atoms with Crippen molar-refractivity contribution >= 4 is 17.3 Å². The third-order valence-electron chi connectivity index (χ3n) is 4.04. The predicted octanol–water partition coefficient (Wildman–Crippen LogP) is 2.09. The lowest BCUT2D eigenvalue weighted by Gasteiger charge is -2.34. The number of hydrogen-bond acceptors (Lipinski definition) is 5. The van der Waals surface area contributed by atoms with Gasteiger partial charge >= 0.3 is 5.69 Å². The lowest BCUT2D eigenvalue weighted by Crippen LogP contribution is -2.35. The van der Waals surface area contributed by atoms with Crippen LogP contribution in [0.4, 0.5) is 11.4 Å². The van der Waals surface area contributed by atoms with Crippen molar-refractivity contribution in [1.29, 1.82) is 0 Å². The minimum Gasteiger partial charge on any atom is -0.490 e. The molecular weight excluding hydrogens is 286 g/mol. The molecule has 1 fully saturated rings. The Morgan fingerprint density at radius 3 is 2.95 bits per heavy atom. The summed E-state index contributed by atoms with van der Waals surface area (Å²) in [5.41, 5.74) is 6.08. The maximum absolute atomic E-state index is 10.9. The fourth-order valence-corrected chi connectivity index (χ4v) is 2.90. The topological polar surface area (TPSA) is 98.7 Å². The third kappa shape index (κ3) is 3.87. The molecule has 22 heavy (non-hydrogen) atoms. The van der Waals surface area contributed by atoms with E-state index < -0.39 is 4.92 Å². The quantitative estimate of drug-likeness (QED) is 0.641. The zero-order valence-corrected chi connectivity index (χ0v) is 12.7. The van der Waals surface area contributed by atoms with Crippen molar-refractivity contribution in [2.75, 3.05) is 25.1 Å². The summed E-state index contributed by atoms with van der Waals surface area (Å²) in [6.45, 7) is 1.72. The predicted molar refractivity (Wildman–Crippen MR) is 83.0 cm³/mol. The van der Waals surface area contributed by atoms with Crippen molar-refractivity contribution in [3.8, 4) is 5.75 Å². The number of benzene rings is 1. The number of rotatable bonds is 6. The van der Waals surface area contributed by atoms with Crippen LogP contribution in [0.25, 0.3) is 0 Å². The lowest BCUT2D eigenvalue weighted by molar-refractivity contribution is -0.385. The summed E-state index contributed by atoms with van der Waals surface area (Å²) < 4.78 is 5.11. The van der Waals surface area contributed by atoms with Crippen molar-refractivity contribution < 1.29 is 14.5 Å². The molecular formula is C15H21N3O4. The molecule has 1 aliphatic rings. The van der Waals surface area contributed by atoms with Crippen LogP contribution in [0.1, 0.15) is 25.7 Å². The molecule has 120 valence electrons. The molecule has 2 N–H and O–H groups in total. The fraction of sp³-hybridized carbons (Fsp3) is 0.533. The molecule has 0 aromatic heterocycles. The second-order valence-electron chi connectivity index (χ2n) is 5.57. The number of piperidine rings is 1. The molecule has 0 bridgehead atoms. The Kier molecular flexibility index (Phi) is 5.19. The molecule has 2 rings (SSSR count). The summed E-state index contributed by atoms with van der Waals surface area (Å²) in [6, 6.07) is 4.92. The molecule has 1 saturated heterocycles. The number of nitrogens with zero attached hydrogens (tertiary/aromatic N) is 2. The van der Waals surface area contributed by atoms with Crippen LogP contribution in [0.15, 0.2) is 18.2 Å². The van der Waals surface area contributed by atoms with Crippen LogP contribution in [0, 0.1) is 16.0 Å².